The molecular weight excluding hydrogens is 220 g/mol. The third kappa shape index (κ3) is 2.95. The maximum atomic E-state index is 11.5. The van der Waals surface area contributed by atoms with E-state index < -0.39 is 18.2 Å². The summed E-state index contributed by atoms with van der Waals surface area (Å²) in [7, 11) is 1.40. The van der Waals surface area contributed by atoms with Gasteiger partial charge in [-0.05, 0) is 18.2 Å². The molecule has 4 nitrogen and oxygen atoms in total. The molecule has 0 fully saturated rings. The quantitative estimate of drug-likeness (QED) is 0.633. The second-order valence-corrected chi connectivity index (χ2v) is 3.27. The number of hydrogen-bond donors (Lipinski definition) is 1. The highest BCUT2D eigenvalue weighted by Crippen LogP contribution is 2.23. The van der Waals surface area contributed by atoms with Crippen molar-refractivity contribution in [2.75, 3.05) is 7.11 Å². The topological polar surface area (TPSA) is 63.6 Å². The summed E-state index contributed by atoms with van der Waals surface area (Å²) in [6.45, 7) is 0. The maximum Gasteiger partial charge on any atom is 0.311 e. The van der Waals surface area contributed by atoms with E-state index >= 15 is 0 Å². The molecule has 0 saturated carbocycles. The third-order valence-corrected chi connectivity index (χ3v) is 2.01. The van der Waals surface area contributed by atoms with E-state index in [2.05, 4.69) is 0 Å². The van der Waals surface area contributed by atoms with Gasteiger partial charge in [0.2, 0.25) is 0 Å². The van der Waals surface area contributed by atoms with Crippen molar-refractivity contribution in [3.8, 4) is 5.75 Å². The molecule has 0 spiro atoms. The van der Waals surface area contributed by atoms with Crippen molar-refractivity contribution >= 4 is 23.4 Å². The lowest BCUT2D eigenvalue weighted by atomic mass is 10.1. The molecule has 1 N–H and O–H groups in total. The minimum atomic E-state index is -1.18. The van der Waals surface area contributed by atoms with Crippen LogP contribution in [0.15, 0.2) is 18.2 Å². The van der Waals surface area contributed by atoms with Gasteiger partial charge >= 0.3 is 5.97 Å². The smallest absolute Gasteiger partial charge is 0.311 e. The molecule has 1 rings (SSSR count). The Labute approximate surface area is 91.4 Å². The largest absolute Gasteiger partial charge is 0.496 e. The molecule has 0 unspecified atom stereocenters. The van der Waals surface area contributed by atoms with Gasteiger partial charge in [0, 0.05) is 5.02 Å². The minimum absolute atomic E-state index is 0.187. The van der Waals surface area contributed by atoms with Gasteiger partial charge in [0.05, 0.1) is 12.7 Å². The minimum Gasteiger partial charge on any atom is -0.496 e. The van der Waals surface area contributed by atoms with Gasteiger partial charge in [-0.15, -0.1) is 0 Å². The van der Waals surface area contributed by atoms with Gasteiger partial charge in [0.1, 0.15) is 12.2 Å². The molecular formula is C10H9ClO4. The fourth-order valence-corrected chi connectivity index (χ4v) is 1.30. The summed E-state index contributed by atoms with van der Waals surface area (Å²) in [4.78, 5) is 21.8. The van der Waals surface area contributed by atoms with Crippen LogP contribution in [0.1, 0.15) is 16.8 Å². The summed E-state index contributed by atoms with van der Waals surface area (Å²) in [5.41, 5.74) is 0.187. The van der Waals surface area contributed by atoms with Crippen molar-refractivity contribution in [3.05, 3.63) is 28.8 Å². The lowest BCUT2D eigenvalue weighted by Crippen LogP contribution is -2.08. The molecule has 0 aliphatic carbocycles. The summed E-state index contributed by atoms with van der Waals surface area (Å²) in [6, 6.07) is 4.49. The van der Waals surface area contributed by atoms with E-state index in [9.17, 15) is 9.59 Å². The molecule has 80 valence electrons. The number of aliphatic carboxylic acids is 1. The highest BCUT2D eigenvalue weighted by atomic mass is 35.5. The highest BCUT2D eigenvalue weighted by molar-refractivity contribution is 6.31. The number of hydrogen-bond acceptors (Lipinski definition) is 3. The van der Waals surface area contributed by atoms with E-state index in [0.29, 0.717) is 10.8 Å². The molecule has 0 bridgehead atoms. The van der Waals surface area contributed by atoms with Gasteiger partial charge in [-0.3, -0.25) is 9.59 Å². The van der Waals surface area contributed by atoms with Gasteiger partial charge in [0.15, 0.2) is 5.78 Å². The van der Waals surface area contributed by atoms with Crippen LogP contribution in [0.5, 0.6) is 5.75 Å². The number of methoxy groups -OCH3 is 1. The monoisotopic (exact) mass is 228 g/mol. The Balaban J connectivity index is 3.05. The second kappa shape index (κ2) is 4.79. The molecule has 0 aliphatic heterocycles. The first-order valence-corrected chi connectivity index (χ1v) is 4.51. The van der Waals surface area contributed by atoms with Crippen LogP contribution in [0, 0.1) is 0 Å². The van der Waals surface area contributed by atoms with Crippen LogP contribution >= 0.6 is 11.6 Å². The van der Waals surface area contributed by atoms with Crippen LogP contribution in [0.4, 0.5) is 0 Å². The summed E-state index contributed by atoms with van der Waals surface area (Å²) in [5.74, 6) is -1.38. The van der Waals surface area contributed by atoms with Crippen LogP contribution in [-0.2, 0) is 4.79 Å². The zero-order valence-corrected chi connectivity index (χ0v) is 8.75. The normalized spacial score (nSPS) is 9.73. The van der Waals surface area contributed by atoms with E-state index in [4.69, 9.17) is 21.4 Å². The Morgan fingerprint density at radius 1 is 1.47 bits per heavy atom. The summed E-state index contributed by atoms with van der Waals surface area (Å²) < 4.78 is 4.93. The van der Waals surface area contributed by atoms with Crippen molar-refractivity contribution in [2.24, 2.45) is 0 Å². The Morgan fingerprint density at radius 3 is 2.67 bits per heavy atom. The SMILES string of the molecule is COc1ccc(Cl)cc1C(=O)CC(=O)O. The molecule has 0 amide bonds. The van der Waals surface area contributed by atoms with Crippen molar-refractivity contribution in [1.82, 2.24) is 0 Å². The summed E-state index contributed by atoms with van der Waals surface area (Å²) >= 11 is 5.70. The van der Waals surface area contributed by atoms with E-state index in [1.54, 1.807) is 6.07 Å². The first-order chi connectivity index (χ1) is 7.04. The molecule has 1 aromatic carbocycles. The van der Waals surface area contributed by atoms with Gasteiger partial charge < -0.3 is 9.84 Å². The lowest BCUT2D eigenvalue weighted by Gasteiger charge is -2.06. The van der Waals surface area contributed by atoms with Crippen molar-refractivity contribution in [2.45, 2.75) is 6.42 Å². The number of benzene rings is 1. The van der Waals surface area contributed by atoms with Crippen LogP contribution in [0.25, 0.3) is 0 Å². The molecule has 5 heteroatoms. The second-order valence-electron chi connectivity index (χ2n) is 2.84. The number of halogens is 1. The number of ketones is 1. The summed E-state index contributed by atoms with van der Waals surface area (Å²) in [6.07, 6.45) is -0.573. The predicted molar refractivity (Wildman–Crippen MR) is 54.6 cm³/mol. The van der Waals surface area contributed by atoms with Crippen LogP contribution < -0.4 is 4.74 Å². The number of Topliss-reactive ketones (excluding diaryl/α,β-unsaturated/α-hetero) is 1. The number of carboxylic acids is 1. The first-order valence-electron chi connectivity index (χ1n) is 4.13. The number of carbonyl (C=O) groups excluding carboxylic acids is 1. The van der Waals surface area contributed by atoms with E-state index in [-0.39, 0.29) is 5.56 Å². The van der Waals surface area contributed by atoms with Crippen molar-refractivity contribution in [3.63, 3.8) is 0 Å². The van der Waals surface area contributed by atoms with Gasteiger partial charge in [0.25, 0.3) is 0 Å². The third-order valence-electron chi connectivity index (χ3n) is 1.77. The van der Waals surface area contributed by atoms with Gasteiger partial charge in [-0.25, -0.2) is 0 Å². The fourth-order valence-electron chi connectivity index (χ4n) is 1.13. The zero-order chi connectivity index (χ0) is 11.4. The Hall–Kier alpha value is -1.55. The van der Waals surface area contributed by atoms with E-state index in [1.807, 2.05) is 0 Å². The summed E-state index contributed by atoms with van der Waals surface area (Å²) in [5, 5.41) is 8.85. The van der Waals surface area contributed by atoms with Gasteiger partial charge in [-0.2, -0.15) is 0 Å². The van der Waals surface area contributed by atoms with Crippen LogP contribution in [0.2, 0.25) is 5.02 Å². The average molecular weight is 229 g/mol. The van der Waals surface area contributed by atoms with Crippen LogP contribution in [-0.4, -0.2) is 24.0 Å². The zero-order valence-electron chi connectivity index (χ0n) is 7.99. The first kappa shape index (κ1) is 11.5. The maximum absolute atomic E-state index is 11.5. The molecule has 15 heavy (non-hydrogen) atoms. The Bertz CT molecular complexity index is 400. The van der Waals surface area contributed by atoms with E-state index in [0.717, 1.165) is 0 Å². The van der Waals surface area contributed by atoms with Crippen molar-refractivity contribution in [1.29, 1.82) is 0 Å². The standard InChI is InChI=1S/C10H9ClO4/c1-15-9-3-2-6(11)4-7(9)8(12)5-10(13)14/h2-4H,5H2,1H3,(H,13,14). The Morgan fingerprint density at radius 2 is 2.13 bits per heavy atom. The molecule has 0 aliphatic rings. The number of carboxylic acid groups (broad SMARTS) is 1. The molecule has 0 saturated heterocycles. The van der Waals surface area contributed by atoms with E-state index in [1.165, 1.54) is 19.2 Å². The average Bonchev–Trinajstić information content (AvgIpc) is 2.16. The van der Waals surface area contributed by atoms with Crippen molar-refractivity contribution < 1.29 is 19.4 Å². The highest BCUT2D eigenvalue weighted by Gasteiger charge is 2.15. The molecule has 0 heterocycles. The predicted octanol–water partition coefficient (Wildman–Crippen LogP) is 2.01. The number of rotatable bonds is 4. The number of ether oxygens (including phenoxy) is 1. The fraction of sp³-hybridized carbons (Fsp3) is 0.200. The molecule has 1 aromatic rings. The van der Waals surface area contributed by atoms with Gasteiger partial charge in [-0.1, -0.05) is 11.6 Å². The number of carbonyl (C=O) groups is 2. The molecule has 0 radical (unpaired) electrons. The molecule has 0 aromatic heterocycles. The lowest BCUT2D eigenvalue weighted by molar-refractivity contribution is -0.135. The molecule has 0 atom stereocenters. The van der Waals surface area contributed by atoms with Crippen LogP contribution in [0.3, 0.4) is 0 Å². The Kier molecular flexibility index (Phi) is 3.68.